The summed E-state index contributed by atoms with van der Waals surface area (Å²) in [4.78, 5) is 21.8. The van der Waals surface area contributed by atoms with Crippen LogP contribution in [0.4, 0.5) is 11.4 Å². The Labute approximate surface area is 160 Å². The molecule has 0 fully saturated rings. The van der Waals surface area contributed by atoms with Crippen LogP contribution in [0.1, 0.15) is 47.2 Å². The van der Waals surface area contributed by atoms with Gasteiger partial charge in [-0.05, 0) is 17.5 Å². The van der Waals surface area contributed by atoms with Gasteiger partial charge in [0.25, 0.3) is 0 Å². The quantitative estimate of drug-likeness (QED) is 0.633. The smallest absolute Gasteiger partial charge is 0.158 e. The molecular formula is C21H28N6. The third-order valence-corrected chi connectivity index (χ3v) is 4.12. The fourth-order valence-electron chi connectivity index (χ4n) is 2.57. The number of hydrogen-bond donors (Lipinski definition) is 2. The highest BCUT2D eigenvalue weighted by atomic mass is 15.0. The topological polar surface area (TPSA) is 78.9 Å². The number of anilines is 1. The van der Waals surface area contributed by atoms with Crippen molar-refractivity contribution in [2.45, 2.75) is 47.0 Å². The highest BCUT2D eigenvalue weighted by Crippen LogP contribution is 2.31. The van der Waals surface area contributed by atoms with E-state index in [2.05, 4.69) is 71.8 Å². The predicted molar refractivity (Wildman–Crippen MR) is 113 cm³/mol. The van der Waals surface area contributed by atoms with E-state index in [-0.39, 0.29) is 10.8 Å². The van der Waals surface area contributed by atoms with E-state index in [9.17, 15) is 0 Å². The molecule has 0 radical (unpaired) electrons. The van der Waals surface area contributed by atoms with Crippen LogP contribution in [0.25, 0.3) is 22.6 Å². The third kappa shape index (κ3) is 4.32. The Morgan fingerprint density at radius 2 is 1.78 bits per heavy atom. The average Bonchev–Trinajstić information content (AvgIpc) is 3.00. The van der Waals surface area contributed by atoms with Gasteiger partial charge in [-0.3, -0.25) is 9.98 Å². The molecule has 0 saturated carbocycles. The molecule has 2 N–H and O–H groups in total. The molecule has 0 aliphatic rings. The van der Waals surface area contributed by atoms with Crippen molar-refractivity contribution in [3.05, 3.63) is 30.2 Å². The van der Waals surface area contributed by atoms with Crippen molar-refractivity contribution >= 4 is 28.6 Å². The lowest BCUT2D eigenvalue weighted by atomic mass is 9.93. The first-order chi connectivity index (χ1) is 12.6. The standard InChI is InChI=1S/C21H28N6/c1-20(2,3)12-25-14-9-16-15(8-13(14)22-7)26-19(27-16)17-10-24-18(11-23-17)21(4,5)6/h8-12,22H,1-7H3,(H,26,27). The van der Waals surface area contributed by atoms with Crippen molar-refractivity contribution in [2.75, 3.05) is 12.4 Å². The first-order valence-electron chi connectivity index (χ1n) is 9.16. The summed E-state index contributed by atoms with van der Waals surface area (Å²) in [5.41, 5.74) is 5.28. The van der Waals surface area contributed by atoms with Crippen LogP contribution in [0.15, 0.2) is 29.5 Å². The molecule has 142 valence electrons. The number of aromatic amines is 1. The van der Waals surface area contributed by atoms with E-state index in [1.807, 2.05) is 31.6 Å². The van der Waals surface area contributed by atoms with E-state index in [4.69, 9.17) is 0 Å². The maximum atomic E-state index is 4.68. The number of aliphatic imine (C=N–C) groups is 1. The molecule has 6 heteroatoms. The summed E-state index contributed by atoms with van der Waals surface area (Å²) in [5, 5.41) is 3.20. The first-order valence-corrected chi connectivity index (χ1v) is 9.16. The number of aromatic nitrogens is 4. The van der Waals surface area contributed by atoms with Crippen molar-refractivity contribution in [1.29, 1.82) is 0 Å². The second kappa shape index (κ2) is 6.76. The summed E-state index contributed by atoms with van der Waals surface area (Å²) < 4.78 is 0. The van der Waals surface area contributed by atoms with E-state index in [1.165, 1.54) is 0 Å². The highest BCUT2D eigenvalue weighted by Gasteiger charge is 2.17. The van der Waals surface area contributed by atoms with Crippen LogP contribution >= 0.6 is 0 Å². The molecule has 0 saturated heterocycles. The summed E-state index contributed by atoms with van der Waals surface area (Å²) in [6.07, 6.45) is 5.56. The minimum absolute atomic E-state index is 0.0174. The van der Waals surface area contributed by atoms with E-state index in [1.54, 1.807) is 6.20 Å². The summed E-state index contributed by atoms with van der Waals surface area (Å²) in [6, 6.07) is 4.01. The number of H-pyrrole nitrogens is 1. The second-order valence-corrected chi connectivity index (χ2v) is 8.88. The molecule has 3 aromatic rings. The molecule has 2 aromatic heterocycles. The van der Waals surface area contributed by atoms with Gasteiger partial charge in [-0.15, -0.1) is 0 Å². The number of fused-ring (bicyclic) bond motifs is 1. The van der Waals surface area contributed by atoms with E-state index >= 15 is 0 Å². The maximum Gasteiger partial charge on any atom is 0.158 e. The Kier molecular flexibility index (Phi) is 4.76. The van der Waals surface area contributed by atoms with Gasteiger partial charge in [-0.2, -0.15) is 0 Å². The van der Waals surface area contributed by atoms with Crippen LogP contribution in [0.3, 0.4) is 0 Å². The summed E-state index contributed by atoms with van der Waals surface area (Å²) in [6.45, 7) is 12.7. The lowest BCUT2D eigenvalue weighted by Crippen LogP contribution is -2.13. The van der Waals surface area contributed by atoms with Crippen molar-refractivity contribution < 1.29 is 0 Å². The number of imidazole rings is 1. The molecule has 0 amide bonds. The van der Waals surface area contributed by atoms with Crippen LogP contribution < -0.4 is 5.32 Å². The van der Waals surface area contributed by atoms with Gasteiger partial charge in [-0.25, -0.2) is 9.97 Å². The van der Waals surface area contributed by atoms with Crippen LogP contribution in [-0.2, 0) is 5.41 Å². The van der Waals surface area contributed by atoms with Gasteiger partial charge in [0.2, 0.25) is 0 Å². The molecule has 0 aliphatic heterocycles. The Bertz CT molecular complexity index is 969. The summed E-state index contributed by atoms with van der Waals surface area (Å²) in [5.74, 6) is 0.706. The monoisotopic (exact) mass is 364 g/mol. The predicted octanol–water partition coefficient (Wildman–Crippen LogP) is 5.11. The van der Waals surface area contributed by atoms with E-state index in [0.29, 0.717) is 5.82 Å². The van der Waals surface area contributed by atoms with Crippen LogP contribution in [0.5, 0.6) is 0 Å². The number of benzene rings is 1. The van der Waals surface area contributed by atoms with Crippen LogP contribution in [-0.4, -0.2) is 33.2 Å². The molecule has 2 heterocycles. The van der Waals surface area contributed by atoms with E-state index < -0.39 is 0 Å². The molecule has 0 bridgehead atoms. The lowest BCUT2D eigenvalue weighted by molar-refractivity contribution is 0.565. The van der Waals surface area contributed by atoms with Crippen molar-refractivity contribution in [3.63, 3.8) is 0 Å². The van der Waals surface area contributed by atoms with Crippen molar-refractivity contribution in [2.24, 2.45) is 10.4 Å². The second-order valence-electron chi connectivity index (χ2n) is 8.88. The van der Waals surface area contributed by atoms with Crippen LogP contribution in [0.2, 0.25) is 0 Å². The van der Waals surface area contributed by atoms with Gasteiger partial charge in [0.15, 0.2) is 5.82 Å². The Balaban J connectivity index is 2.01. The lowest BCUT2D eigenvalue weighted by Gasteiger charge is -2.16. The SMILES string of the molecule is CNc1cc2nc(-c3cnc(C(C)(C)C)cn3)[nH]c2cc1N=CC(C)(C)C. The normalized spacial score (nSPS) is 12.9. The molecule has 0 spiro atoms. The molecule has 1 aromatic carbocycles. The van der Waals surface area contributed by atoms with E-state index in [0.717, 1.165) is 33.8 Å². The van der Waals surface area contributed by atoms with Crippen molar-refractivity contribution in [1.82, 2.24) is 19.9 Å². The van der Waals surface area contributed by atoms with Crippen LogP contribution in [0, 0.1) is 5.41 Å². The molecule has 27 heavy (non-hydrogen) atoms. The zero-order chi connectivity index (χ0) is 19.8. The molecular weight excluding hydrogens is 336 g/mol. The Morgan fingerprint density at radius 3 is 2.33 bits per heavy atom. The van der Waals surface area contributed by atoms with Gasteiger partial charge in [0.05, 0.1) is 34.3 Å². The number of nitrogens with zero attached hydrogens (tertiary/aromatic N) is 4. The molecule has 0 unspecified atom stereocenters. The van der Waals surface area contributed by atoms with Gasteiger partial charge in [-0.1, -0.05) is 41.5 Å². The summed E-state index contributed by atoms with van der Waals surface area (Å²) >= 11 is 0. The van der Waals surface area contributed by atoms with Crippen molar-refractivity contribution in [3.8, 4) is 11.5 Å². The van der Waals surface area contributed by atoms with Gasteiger partial charge >= 0.3 is 0 Å². The van der Waals surface area contributed by atoms with Gasteiger partial charge in [0, 0.05) is 24.9 Å². The average molecular weight is 364 g/mol. The Hall–Kier alpha value is -2.76. The third-order valence-electron chi connectivity index (χ3n) is 4.12. The highest BCUT2D eigenvalue weighted by molar-refractivity contribution is 5.89. The fourth-order valence-corrected chi connectivity index (χ4v) is 2.57. The molecule has 0 aliphatic carbocycles. The first kappa shape index (κ1) is 19.0. The number of nitrogens with one attached hydrogen (secondary N) is 2. The fraction of sp³-hybridized carbons (Fsp3) is 0.429. The molecule has 3 rings (SSSR count). The minimum Gasteiger partial charge on any atom is -0.386 e. The number of rotatable bonds is 3. The maximum absolute atomic E-state index is 4.68. The minimum atomic E-state index is -0.0267. The zero-order valence-electron chi connectivity index (χ0n) is 17.2. The van der Waals surface area contributed by atoms with Gasteiger partial charge < -0.3 is 10.3 Å². The largest absolute Gasteiger partial charge is 0.386 e. The zero-order valence-corrected chi connectivity index (χ0v) is 17.2. The Morgan fingerprint density at radius 1 is 1.04 bits per heavy atom. The molecule has 0 atom stereocenters. The van der Waals surface area contributed by atoms with Gasteiger partial charge in [0.1, 0.15) is 5.69 Å². The number of hydrogen-bond acceptors (Lipinski definition) is 5. The molecule has 6 nitrogen and oxygen atoms in total. The summed E-state index contributed by atoms with van der Waals surface area (Å²) in [7, 11) is 1.89.